The summed E-state index contributed by atoms with van der Waals surface area (Å²) in [5.41, 5.74) is 1.17. The lowest BCUT2D eigenvalue weighted by Gasteiger charge is -2.24. The number of aliphatic carboxylic acids is 1. The Labute approximate surface area is 167 Å². The quantitative estimate of drug-likeness (QED) is 0.688. The van der Waals surface area contributed by atoms with Crippen molar-refractivity contribution in [1.82, 2.24) is 14.3 Å². The van der Waals surface area contributed by atoms with E-state index >= 15 is 0 Å². The van der Waals surface area contributed by atoms with Gasteiger partial charge in [0.05, 0.1) is 12.2 Å². The van der Waals surface area contributed by atoms with Gasteiger partial charge in [-0.25, -0.2) is 23.2 Å². The fourth-order valence-corrected chi connectivity index (χ4v) is 2.99. The Kier molecular flexibility index (Phi) is 5.28. The minimum absolute atomic E-state index is 0.233. The third kappa shape index (κ3) is 4.21. The van der Waals surface area contributed by atoms with Gasteiger partial charge in [0.2, 0.25) is 0 Å². The molecule has 2 aromatic carbocycles. The number of carbonyl (C=O) groups is 1. The van der Waals surface area contributed by atoms with E-state index in [2.05, 4.69) is 5.10 Å². The molecule has 8 heteroatoms. The first-order valence-electron chi connectivity index (χ1n) is 9.01. The van der Waals surface area contributed by atoms with Gasteiger partial charge in [0.15, 0.2) is 5.60 Å². The van der Waals surface area contributed by atoms with E-state index in [9.17, 15) is 19.1 Å². The highest BCUT2D eigenvalue weighted by molar-refractivity contribution is 5.77. The summed E-state index contributed by atoms with van der Waals surface area (Å²) < 4.78 is 21.5. The van der Waals surface area contributed by atoms with Crippen LogP contribution in [0.2, 0.25) is 0 Å². The lowest BCUT2D eigenvalue weighted by molar-refractivity contribution is -0.152. The number of hydrogen-bond donors (Lipinski definition) is 1. The molecule has 0 atom stereocenters. The molecule has 0 saturated carbocycles. The van der Waals surface area contributed by atoms with Crippen LogP contribution in [-0.2, 0) is 11.3 Å². The van der Waals surface area contributed by atoms with Gasteiger partial charge in [-0.05, 0) is 68.7 Å². The Morgan fingerprint density at radius 3 is 2.31 bits per heavy atom. The van der Waals surface area contributed by atoms with Crippen molar-refractivity contribution in [2.75, 3.05) is 0 Å². The summed E-state index contributed by atoms with van der Waals surface area (Å²) in [5.74, 6) is -0.933. The molecule has 7 nitrogen and oxygen atoms in total. The Morgan fingerprint density at radius 1 is 1.17 bits per heavy atom. The number of rotatable bonds is 6. The van der Waals surface area contributed by atoms with Crippen LogP contribution in [0.4, 0.5) is 4.39 Å². The van der Waals surface area contributed by atoms with Crippen molar-refractivity contribution in [3.8, 4) is 11.4 Å². The van der Waals surface area contributed by atoms with E-state index < -0.39 is 11.6 Å². The lowest BCUT2D eigenvalue weighted by Crippen LogP contribution is -2.38. The van der Waals surface area contributed by atoms with Crippen molar-refractivity contribution in [3.05, 3.63) is 75.7 Å². The van der Waals surface area contributed by atoms with Crippen molar-refractivity contribution in [2.24, 2.45) is 0 Å². The zero-order valence-corrected chi connectivity index (χ0v) is 16.6. The average Bonchev–Trinajstić information content (AvgIpc) is 2.99. The van der Waals surface area contributed by atoms with Crippen LogP contribution in [0.1, 0.15) is 30.5 Å². The van der Waals surface area contributed by atoms with E-state index in [0.29, 0.717) is 11.4 Å². The van der Waals surface area contributed by atoms with Gasteiger partial charge in [-0.3, -0.25) is 0 Å². The van der Waals surface area contributed by atoms with Crippen LogP contribution in [0, 0.1) is 19.7 Å². The van der Waals surface area contributed by atoms with Crippen molar-refractivity contribution >= 4 is 5.97 Å². The molecule has 152 valence electrons. The first-order valence-corrected chi connectivity index (χ1v) is 9.01. The van der Waals surface area contributed by atoms with Gasteiger partial charge < -0.3 is 9.84 Å². The smallest absolute Gasteiger partial charge is 0.350 e. The van der Waals surface area contributed by atoms with Crippen molar-refractivity contribution in [2.45, 2.75) is 39.8 Å². The van der Waals surface area contributed by atoms with Crippen LogP contribution in [-0.4, -0.2) is 31.0 Å². The van der Waals surface area contributed by atoms with Crippen LogP contribution in [0.3, 0.4) is 0 Å². The van der Waals surface area contributed by atoms with Gasteiger partial charge in [-0.2, -0.15) is 5.10 Å². The van der Waals surface area contributed by atoms with Crippen LogP contribution in [0.15, 0.2) is 47.5 Å². The fourth-order valence-electron chi connectivity index (χ4n) is 2.99. The van der Waals surface area contributed by atoms with Gasteiger partial charge >= 0.3 is 11.7 Å². The van der Waals surface area contributed by atoms with Crippen LogP contribution >= 0.6 is 0 Å². The molecule has 3 rings (SSSR count). The van der Waals surface area contributed by atoms with E-state index in [1.54, 1.807) is 0 Å². The fraction of sp³-hybridized carbons (Fsp3) is 0.286. The molecule has 0 unspecified atom stereocenters. The highest BCUT2D eigenvalue weighted by Crippen LogP contribution is 2.29. The van der Waals surface area contributed by atoms with E-state index in [4.69, 9.17) is 4.74 Å². The van der Waals surface area contributed by atoms with Gasteiger partial charge in [0, 0.05) is 0 Å². The largest absolute Gasteiger partial charge is 0.478 e. The van der Waals surface area contributed by atoms with Crippen LogP contribution in [0.5, 0.6) is 5.75 Å². The van der Waals surface area contributed by atoms with Crippen LogP contribution in [0.25, 0.3) is 5.69 Å². The standard InChI is InChI=1S/C21H22FN3O4/c1-13-9-15(10-14(2)18(13)29-21(3,4)19(26)27)11-25-20(28)24(12-23-25)17-7-5-16(22)6-8-17/h5-10,12H,11H2,1-4H3,(H,26,27). The second-order valence-electron chi connectivity index (χ2n) is 7.39. The Morgan fingerprint density at radius 2 is 1.76 bits per heavy atom. The molecule has 1 heterocycles. The van der Waals surface area contributed by atoms with Crippen molar-refractivity contribution in [3.63, 3.8) is 0 Å². The molecule has 3 aromatic rings. The SMILES string of the molecule is Cc1cc(Cn2ncn(-c3ccc(F)cc3)c2=O)cc(C)c1OC(C)(C)C(=O)O. The number of carboxylic acid groups (broad SMARTS) is 1. The summed E-state index contributed by atoms with van der Waals surface area (Å²) >= 11 is 0. The second-order valence-corrected chi connectivity index (χ2v) is 7.39. The van der Waals surface area contributed by atoms with E-state index in [0.717, 1.165) is 16.7 Å². The Bertz CT molecular complexity index is 1090. The second kappa shape index (κ2) is 7.54. The third-order valence-corrected chi connectivity index (χ3v) is 4.56. The molecule has 0 aliphatic carbocycles. The molecule has 29 heavy (non-hydrogen) atoms. The molecule has 1 N–H and O–H groups in total. The maximum Gasteiger partial charge on any atom is 0.350 e. The summed E-state index contributed by atoms with van der Waals surface area (Å²) in [6.45, 7) is 6.86. The molecule has 0 saturated heterocycles. The third-order valence-electron chi connectivity index (χ3n) is 4.56. The zero-order valence-electron chi connectivity index (χ0n) is 16.6. The molecule has 0 aliphatic rings. The van der Waals surface area contributed by atoms with Gasteiger partial charge in [0.1, 0.15) is 17.9 Å². The predicted octanol–water partition coefficient (Wildman–Crippen LogP) is 3.08. The molecule has 0 bridgehead atoms. The van der Waals surface area contributed by atoms with Crippen molar-refractivity contribution in [1.29, 1.82) is 0 Å². The number of aromatic nitrogens is 3. The number of ether oxygens (including phenoxy) is 1. The van der Waals surface area contributed by atoms with E-state index in [1.165, 1.54) is 53.7 Å². The summed E-state index contributed by atoms with van der Waals surface area (Å²) in [7, 11) is 0. The van der Waals surface area contributed by atoms with Gasteiger partial charge in [-0.1, -0.05) is 12.1 Å². The van der Waals surface area contributed by atoms with E-state index in [1.807, 2.05) is 26.0 Å². The zero-order chi connectivity index (χ0) is 21.3. The number of aryl methyl sites for hydroxylation is 2. The molecule has 0 spiro atoms. The lowest BCUT2D eigenvalue weighted by atomic mass is 10.0. The van der Waals surface area contributed by atoms with Gasteiger partial charge in [0.25, 0.3) is 0 Å². The summed E-state index contributed by atoms with van der Waals surface area (Å²) in [4.78, 5) is 24.0. The number of hydrogen-bond acceptors (Lipinski definition) is 4. The average molecular weight is 399 g/mol. The highest BCUT2D eigenvalue weighted by atomic mass is 19.1. The summed E-state index contributed by atoms with van der Waals surface area (Å²) in [6, 6.07) is 9.25. The maximum atomic E-state index is 13.1. The van der Waals surface area contributed by atoms with E-state index in [-0.39, 0.29) is 18.1 Å². The van der Waals surface area contributed by atoms with Crippen molar-refractivity contribution < 1.29 is 19.0 Å². The maximum absolute atomic E-state index is 13.1. The predicted molar refractivity (Wildman–Crippen MR) is 105 cm³/mol. The summed E-state index contributed by atoms with van der Waals surface area (Å²) in [6.07, 6.45) is 1.39. The molecule has 1 aromatic heterocycles. The van der Waals surface area contributed by atoms with Gasteiger partial charge in [-0.15, -0.1) is 0 Å². The normalized spacial score (nSPS) is 11.5. The minimum atomic E-state index is -1.36. The molecule has 0 fully saturated rings. The van der Waals surface area contributed by atoms with Crippen LogP contribution < -0.4 is 10.4 Å². The minimum Gasteiger partial charge on any atom is -0.478 e. The molecule has 0 aliphatic heterocycles. The monoisotopic (exact) mass is 399 g/mol. The molecular formula is C21H22FN3O4. The highest BCUT2D eigenvalue weighted by Gasteiger charge is 2.30. The molecule has 0 amide bonds. The molecular weight excluding hydrogens is 377 g/mol. The number of halogens is 1. The number of benzene rings is 2. The number of carboxylic acids is 1. The Hall–Kier alpha value is -3.42. The summed E-state index contributed by atoms with van der Waals surface area (Å²) in [5, 5.41) is 13.4. The topological polar surface area (TPSA) is 86.4 Å². The first kappa shape index (κ1) is 20.3. The Balaban J connectivity index is 1.87. The first-order chi connectivity index (χ1) is 13.6. The number of nitrogens with zero attached hydrogens (tertiary/aromatic N) is 3. The molecule has 0 radical (unpaired) electrons.